The van der Waals surface area contributed by atoms with E-state index in [2.05, 4.69) is 69.7 Å². The molecule has 2 aliphatic rings. The lowest BCUT2D eigenvalue weighted by atomic mass is 9.79. The minimum Gasteiger partial charge on any atom is -0.348 e. The summed E-state index contributed by atoms with van der Waals surface area (Å²) in [6.07, 6.45) is 17.6. The first kappa shape index (κ1) is 28.4. The Kier molecular flexibility index (Phi) is 11.3. The van der Waals surface area contributed by atoms with Crippen LogP contribution in [-0.2, 0) is 17.9 Å². The van der Waals surface area contributed by atoms with Crippen molar-refractivity contribution < 1.29 is 4.79 Å². The lowest BCUT2D eigenvalue weighted by Gasteiger charge is -2.41. The zero-order valence-electron chi connectivity index (χ0n) is 23.8. The number of H-pyrrole nitrogens is 1. The molecule has 1 N–H and O–H groups in total. The van der Waals surface area contributed by atoms with Crippen LogP contribution in [-0.4, -0.2) is 44.8 Å². The first-order valence-corrected chi connectivity index (χ1v) is 15.2. The van der Waals surface area contributed by atoms with E-state index in [-0.39, 0.29) is 5.92 Å². The number of unbranched alkanes of at least 4 members (excludes halogenated alkanes) is 3. The second-order valence-corrected chi connectivity index (χ2v) is 11.5. The number of nitrogens with zero attached hydrogens (tertiary/aromatic N) is 3. The van der Waals surface area contributed by atoms with Gasteiger partial charge in [0.15, 0.2) is 0 Å². The van der Waals surface area contributed by atoms with Crippen LogP contribution in [0, 0.1) is 23.7 Å². The van der Waals surface area contributed by atoms with E-state index in [9.17, 15) is 4.79 Å². The maximum atomic E-state index is 14.1. The normalized spacial score (nSPS) is 20.6. The Morgan fingerprint density at radius 2 is 1.89 bits per heavy atom. The number of imidazole rings is 1. The second-order valence-electron chi connectivity index (χ2n) is 11.5. The molecule has 4 rings (SSSR count). The van der Waals surface area contributed by atoms with Crippen molar-refractivity contribution in [3.8, 4) is 11.8 Å². The van der Waals surface area contributed by atoms with E-state index in [1.54, 1.807) is 0 Å². The van der Waals surface area contributed by atoms with Crippen LogP contribution in [0.15, 0.2) is 36.7 Å². The maximum absolute atomic E-state index is 14.1. The van der Waals surface area contributed by atoms with Crippen LogP contribution < -0.4 is 0 Å². The van der Waals surface area contributed by atoms with Crippen LogP contribution in [0.25, 0.3) is 0 Å². The molecule has 0 atom stereocenters. The van der Waals surface area contributed by atoms with E-state index in [1.807, 2.05) is 12.4 Å². The number of piperidine rings is 1. The maximum Gasteiger partial charge on any atom is 0.226 e. The van der Waals surface area contributed by atoms with Crippen molar-refractivity contribution in [1.29, 1.82) is 0 Å². The highest BCUT2D eigenvalue weighted by molar-refractivity contribution is 5.79. The van der Waals surface area contributed by atoms with Gasteiger partial charge in [0.2, 0.25) is 5.91 Å². The number of rotatable bonds is 11. The van der Waals surface area contributed by atoms with Gasteiger partial charge in [0.25, 0.3) is 0 Å². The fourth-order valence-electron chi connectivity index (χ4n) is 6.22. The summed E-state index contributed by atoms with van der Waals surface area (Å²) in [5, 5.41) is 0. The summed E-state index contributed by atoms with van der Waals surface area (Å²) in [7, 11) is 0. The number of amides is 1. The Hall–Kier alpha value is -2.58. The molecule has 1 saturated heterocycles. The molecule has 206 valence electrons. The molecule has 0 unspecified atom stereocenters. The van der Waals surface area contributed by atoms with Crippen molar-refractivity contribution in [3.63, 3.8) is 0 Å². The van der Waals surface area contributed by atoms with E-state index >= 15 is 0 Å². The highest BCUT2D eigenvalue weighted by atomic mass is 16.2. The molecule has 1 amide bonds. The largest absolute Gasteiger partial charge is 0.348 e. The molecule has 0 radical (unpaired) electrons. The fraction of sp³-hybridized carbons (Fsp3) is 0.636. The molecule has 5 nitrogen and oxygen atoms in total. The number of hydrogen-bond donors (Lipinski definition) is 1. The number of hydrogen-bond acceptors (Lipinski definition) is 3. The zero-order valence-corrected chi connectivity index (χ0v) is 23.8. The monoisotopic (exact) mass is 516 g/mol. The van der Waals surface area contributed by atoms with E-state index in [1.165, 1.54) is 44.1 Å². The highest BCUT2D eigenvalue weighted by Gasteiger charge is 2.34. The Morgan fingerprint density at radius 1 is 1.08 bits per heavy atom. The smallest absolute Gasteiger partial charge is 0.226 e. The van der Waals surface area contributed by atoms with Crippen LogP contribution in [0.3, 0.4) is 0 Å². The van der Waals surface area contributed by atoms with Gasteiger partial charge in [-0.25, -0.2) is 4.98 Å². The molecule has 5 heteroatoms. The second kappa shape index (κ2) is 15.1. The summed E-state index contributed by atoms with van der Waals surface area (Å²) >= 11 is 0. The summed E-state index contributed by atoms with van der Waals surface area (Å²) in [6, 6.07) is 8.85. The number of nitrogens with one attached hydrogen (secondary N) is 1. The van der Waals surface area contributed by atoms with Crippen LogP contribution in [0.2, 0.25) is 0 Å². The van der Waals surface area contributed by atoms with Crippen molar-refractivity contribution >= 4 is 5.91 Å². The summed E-state index contributed by atoms with van der Waals surface area (Å²) < 4.78 is 0. The van der Waals surface area contributed by atoms with E-state index in [4.69, 9.17) is 0 Å². The molecule has 1 aromatic heterocycles. The lowest BCUT2D eigenvalue weighted by Crippen LogP contribution is -2.49. The number of carbonyl (C=O) groups excluding carboxylic acids is 1. The van der Waals surface area contributed by atoms with Gasteiger partial charge in [-0.05, 0) is 68.6 Å². The summed E-state index contributed by atoms with van der Waals surface area (Å²) in [4.78, 5) is 26.4. The first-order valence-electron chi connectivity index (χ1n) is 15.2. The van der Waals surface area contributed by atoms with Crippen LogP contribution in [0.4, 0.5) is 0 Å². The van der Waals surface area contributed by atoms with E-state index in [0.717, 1.165) is 75.5 Å². The highest BCUT2D eigenvalue weighted by Crippen LogP contribution is 2.34. The number of benzene rings is 1. The molecule has 1 aliphatic carbocycles. The van der Waals surface area contributed by atoms with Crippen LogP contribution in [0.5, 0.6) is 0 Å². The molecule has 1 aromatic carbocycles. The summed E-state index contributed by atoms with van der Waals surface area (Å²) in [6.45, 7) is 7.99. The Bertz CT molecular complexity index is 1020. The standard InChI is InChI=1S/C33H48N4O/c1-3-5-7-10-27-14-16-30(17-15-27)33(38)37(25-29-13-9-12-28(24-29)11-8-6-4-2)31-18-22-36(23-19-31)26-32-34-20-21-35-32/h9,12-13,20-21,24,27,30-31H,3-7,10,14-19,22-23,25-26H2,1-2H3,(H,34,35). The average Bonchev–Trinajstić information content (AvgIpc) is 3.46. The molecule has 2 fully saturated rings. The molecular formula is C33H48N4O. The Morgan fingerprint density at radius 3 is 2.61 bits per heavy atom. The predicted molar refractivity (Wildman–Crippen MR) is 155 cm³/mol. The van der Waals surface area contributed by atoms with Crippen molar-refractivity contribution in [2.75, 3.05) is 13.1 Å². The van der Waals surface area contributed by atoms with Crippen molar-refractivity contribution in [2.45, 2.75) is 110 Å². The molecule has 2 heterocycles. The van der Waals surface area contributed by atoms with Gasteiger partial charge in [-0.2, -0.15) is 0 Å². The van der Waals surface area contributed by atoms with Gasteiger partial charge >= 0.3 is 0 Å². The Balaban J connectivity index is 1.41. The van der Waals surface area contributed by atoms with Crippen molar-refractivity contribution in [3.05, 3.63) is 53.6 Å². The van der Waals surface area contributed by atoms with Gasteiger partial charge in [0, 0.05) is 56.0 Å². The zero-order chi connectivity index (χ0) is 26.6. The van der Waals surface area contributed by atoms with E-state index < -0.39 is 0 Å². The quantitative estimate of drug-likeness (QED) is 0.260. The molecule has 1 aliphatic heterocycles. The molecule has 1 saturated carbocycles. The van der Waals surface area contributed by atoms with Gasteiger partial charge < -0.3 is 9.88 Å². The lowest BCUT2D eigenvalue weighted by molar-refractivity contribution is -0.141. The number of likely N-dealkylation sites (tertiary alicyclic amines) is 1. The third-order valence-electron chi connectivity index (χ3n) is 8.51. The topological polar surface area (TPSA) is 52.2 Å². The summed E-state index contributed by atoms with van der Waals surface area (Å²) in [5.74, 6) is 9.01. The molecule has 2 aromatic rings. The van der Waals surface area contributed by atoms with Crippen LogP contribution >= 0.6 is 0 Å². The number of carbonyl (C=O) groups is 1. The summed E-state index contributed by atoms with van der Waals surface area (Å²) in [5.41, 5.74) is 2.26. The minimum absolute atomic E-state index is 0.186. The SMILES string of the molecule is CCCC#Cc1cccc(CN(C(=O)C2CCC(CCCCC)CC2)C2CCN(Cc3ncc[nH]3)CC2)c1. The van der Waals surface area contributed by atoms with Gasteiger partial charge in [-0.3, -0.25) is 9.69 Å². The first-order chi connectivity index (χ1) is 18.7. The number of aromatic nitrogens is 2. The van der Waals surface area contributed by atoms with Crippen molar-refractivity contribution in [1.82, 2.24) is 19.8 Å². The third kappa shape index (κ3) is 8.46. The van der Waals surface area contributed by atoms with Crippen LogP contribution in [0.1, 0.15) is 108 Å². The molecular weight excluding hydrogens is 468 g/mol. The minimum atomic E-state index is 0.186. The third-order valence-corrected chi connectivity index (χ3v) is 8.51. The van der Waals surface area contributed by atoms with Gasteiger partial charge in [0.05, 0.1) is 6.54 Å². The number of aromatic amines is 1. The fourth-order valence-corrected chi connectivity index (χ4v) is 6.22. The van der Waals surface area contributed by atoms with E-state index in [0.29, 0.717) is 18.5 Å². The van der Waals surface area contributed by atoms with Crippen molar-refractivity contribution in [2.24, 2.45) is 11.8 Å². The van der Waals surface area contributed by atoms with Gasteiger partial charge in [-0.1, -0.05) is 63.5 Å². The van der Waals surface area contributed by atoms with Gasteiger partial charge in [0.1, 0.15) is 5.82 Å². The predicted octanol–water partition coefficient (Wildman–Crippen LogP) is 6.94. The Labute approximate surface area is 230 Å². The molecule has 0 bridgehead atoms. The average molecular weight is 517 g/mol. The molecule has 0 spiro atoms. The molecule has 38 heavy (non-hydrogen) atoms. The van der Waals surface area contributed by atoms with Gasteiger partial charge in [-0.15, -0.1) is 0 Å².